The number of nitrogens with one attached hydrogen (secondary N) is 1. The Bertz CT molecular complexity index is 780. The third-order valence-corrected chi connectivity index (χ3v) is 4.32. The molecule has 136 valence electrons. The molecule has 1 amide bonds. The molecular weight excluding hydrogens is 394 g/mol. The number of carbonyl (C=O) groups excluding carboxylic acids is 2. The second kappa shape index (κ2) is 9.34. The lowest BCUT2D eigenvalue weighted by Gasteiger charge is -2.12. The molecule has 0 fully saturated rings. The van der Waals surface area contributed by atoms with Crippen molar-refractivity contribution in [1.82, 2.24) is 0 Å². The molecule has 0 bridgehead atoms. The molecule has 2 rings (SSSR count). The summed E-state index contributed by atoms with van der Waals surface area (Å²) < 4.78 is 6.06. The maximum atomic E-state index is 12.1. The van der Waals surface area contributed by atoms with Gasteiger partial charge in [0, 0.05) is 16.2 Å². The van der Waals surface area contributed by atoms with Gasteiger partial charge in [0.15, 0.2) is 6.10 Å². The van der Waals surface area contributed by atoms with Crippen LogP contribution in [0.5, 0.6) is 0 Å². The van der Waals surface area contributed by atoms with Crippen molar-refractivity contribution >= 4 is 39.6 Å². The lowest BCUT2D eigenvalue weighted by Crippen LogP contribution is -2.29. The standard InChI is InChI=1S/C21H22BrNO3/c1-14(2)17-7-4-16(5-8-17)6-13-20(24)26-15(3)21(25)23-19-11-9-18(22)10-12-19/h4-15H,1-3H3,(H,23,25). The highest BCUT2D eigenvalue weighted by atomic mass is 79.9. The molecule has 26 heavy (non-hydrogen) atoms. The zero-order valence-electron chi connectivity index (χ0n) is 15.0. The first-order valence-corrected chi connectivity index (χ1v) is 9.19. The molecule has 0 aliphatic rings. The van der Waals surface area contributed by atoms with Crippen LogP contribution in [0.15, 0.2) is 59.1 Å². The number of hydrogen-bond donors (Lipinski definition) is 1. The van der Waals surface area contributed by atoms with E-state index in [0.29, 0.717) is 11.6 Å². The molecule has 1 unspecified atom stereocenters. The molecule has 0 aliphatic carbocycles. The molecule has 0 spiro atoms. The molecule has 4 nitrogen and oxygen atoms in total. The molecule has 2 aromatic carbocycles. The van der Waals surface area contributed by atoms with Gasteiger partial charge in [0.25, 0.3) is 5.91 Å². The number of halogens is 1. The van der Waals surface area contributed by atoms with Crippen LogP contribution in [0.2, 0.25) is 0 Å². The van der Waals surface area contributed by atoms with Crippen LogP contribution in [0.25, 0.3) is 6.08 Å². The lowest BCUT2D eigenvalue weighted by molar-refractivity contribution is -0.148. The first kappa shape index (κ1) is 19.9. The van der Waals surface area contributed by atoms with Crippen LogP contribution in [0, 0.1) is 0 Å². The van der Waals surface area contributed by atoms with Crippen LogP contribution in [0.3, 0.4) is 0 Å². The van der Waals surface area contributed by atoms with Crippen molar-refractivity contribution in [3.8, 4) is 0 Å². The molecule has 0 saturated heterocycles. The number of esters is 1. The van der Waals surface area contributed by atoms with Crippen LogP contribution in [-0.4, -0.2) is 18.0 Å². The molecular formula is C21H22BrNO3. The van der Waals surface area contributed by atoms with Crippen molar-refractivity contribution in [1.29, 1.82) is 0 Å². The third-order valence-electron chi connectivity index (χ3n) is 3.79. The van der Waals surface area contributed by atoms with Gasteiger partial charge >= 0.3 is 5.97 Å². The Morgan fingerprint density at radius 2 is 1.62 bits per heavy atom. The van der Waals surface area contributed by atoms with E-state index in [4.69, 9.17) is 4.74 Å². The SMILES string of the molecule is CC(OC(=O)C=Cc1ccc(C(C)C)cc1)C(=O)Nc1ccc(Br)cc1. The molecule has 0 saturated carbocycles. The van der Waals surface area contributed by atoms with Gasteiger partial charge in [-0.25, -0.2) is 4.79 Å². The second-order valence-corrected chi connectivity index (χ2v) is 7.15. The quantitative estimate of drug-likeness (QED) is 0.523. The summed E-state index contributed by atoms with van der Waals surface area (Å²) in [5.74, 6) is -0.477. The number of anilines is 1. The van der Waals surface area contributed by atoms with Gasteiger partial charge in [0.2, 0.25) is 0 Å². The van der Waals surface area contributed by atoms with Crippen molar-refractivity contribution in [2.45, 2.75) is 32.8 Å². The van der Waals surface area contributed by atoms with E-state index in [1.165, 1.54) is 18.6 Å². The number of carbonyl (C=O) groups is 2. The highest BCUT2D eigenvalue weighted by Gasteiger charge is 2.16. The van der Waals surface area contributed by atoms with E-state index in [-0.39, 0.29) is 5.91 Å². The Balaban J connectivity index is 1.87. The Morgan fingerprint density at radius 3 is 2.19 bits per heavy atom. The Morgan fingerprint density at radius 1 is 1.00 bits per heavy atom. The number of rotatable bonds is 6. The van der Waals surface area contributed by atoms with Crippen LogP contribution >= 0.6 is 15.9 Å². The fraction of sp³-hybridized carbons (Fsp3) is 0.238. The van der Waals surface area contributed by atoms with Crippen molar-refractivity contribution in [3.63, 3.8) is 0 Å². The van der Waals surface area contributed by atoms with Crippen LogP contribution in [0.4, 0.5) is 5.69 Å². The largest absolute Gasteiger partial charge is 0.449 e. The zero-order chi connectivity index (χ0) is 19.1. The molecule has 1 N–H and O–H groups in total. The van der Waals surface area contributed by atoms with Crippen molar-refractivity contribution in [2.24, 2.45) is 0 Å². The van der Waals surface area contributed by atoms with E-state index in [1.807, 2.05) is 36.4 Å². The Labute approximate surface area is 162 Å². The second-order valence-electron chi connectivity index (χ2n) is 6.23. The van der Waals surface area contributed by atoms with Crippen LogP contribution < -0.4 is 5.32 Å². The van der Waals surface area contributed by atoms with E-state index in [9.17, 15) is 9.59 Å². The van der Waals surface area contributed by atoms with E-state index >= 15 is 0 Å². The fourth-order valence-corrected chi connectivity index (χ4v) is 2.46. The van der Waals surface area contributed by atoms with Gasteiger partial charge in [-0.15, -0.1) is 0 Å². The average molecular weight is 416 g/mol. The Kier molecular flexibility index (Phi) is 7.16. The highest BCUT2D eigenvalue weighted by Crippen LogP contribution is 2.16. The van der Waals surface area contributed by atoms with Gasteiger partial charge in [0.1, 0.15) is 0 Å². The predicted molar refractivity (Wildman–Crippen MR) is 108 cm³/mol. The maximum Gasteiger partial charge on any atom is 0.331 e. The minimum absolute atomic E-state index is 0.379. The van der Waals surface area contributed by atoms with Gasteiger partial charge in [0.05, 0.1) is 0 Å². The third kappa shape index (κ3) is 6.15. The van der Waals surface area contributed by atoms with E-state index in [2.05, 4.69) is 35.1 Å². The normalized spacial score (nSPS) is 12.2. The fourth-order valence-electron chi connectivity index (χ4n) is 2.20. The summed E-state index contributed by atoms with van der Waals surface area (Å²) in [6, 6.07) is 15.1. The van der Waals surface area contributed by atoms with Crippen molar-refractivity contribution in [2.75, 3.05) is 5.32 Å². The molecule has 5 heteroatoms. The molecule has 0 radical (unpaired) electrons. The molecule has 0 aliphatic heterocycles. The summed E-state index contributed by atoms with van der Waals surface area (Å²) in [6.07, 6.45) is 2.11. The lowest BCUT2D eigenvalue weighted by atomic mass is 10.0. The average Bonchev–Trinajstić information content (AvgIpc) is 2.62. The number of amides is 1. The summed E-state index contributed by atoms with van der Waals surface area (Å²) in [5, 5.41) is 2.70. The van der Waals surface area contributed by atoms with Gasteiger partial charge in [-0.1, -0.05) is 54.0 Å². The molecule has 2 aromatic rings. The molecule has 1 atom stereocenters. The van der Waals surface area contributed by atoms with Gasteiger partial charge in [-0.05, 0) is 54.3 Å². The van der Waals surface area contributed by atoms with E-state index in [0.717, 1.165) is 10.0 Å². The summed E-state index contributed by atoms with van der Waals surface area (Å²) in [7, 11) is 0. The van der Waals surface area contributed by atoms with Crippen molar-refractivity contribution in [3.05, 3.63) is 70.2 Å². The summed E-state index contributed by atoms with van der Waals surface area (Å²) in [6.45, 7) is 5.79. The monoisotopic (exact) mass is 415 g/mol. The minimum atomic E-state index is -0.890. The number of ether oxygens (including phenoxy) is 1. The van der Waals surface area contributed by atoms with Crippen LogP contribution in [0.1, 0.15) is 37.8 Å². The minimum Gasteiger partial charge on any atom is -0.449 e. The number of benzene rings is 2. The first-order chi connectivity index (χ1) is 12.3. The Hall–Kier alpha value is -2.40. The summed E-state index contributed by atoms with van der Waals surface area (Å²) >= 11 is 3.33. The van der Waals surface area contributed by atoms with Crippen LogP contribution in [-0.2, 0) is 14.3 Å². The van der Waals surface area contributed by atoms with E-state index < -0.39 is 12.1 Å². The molecule has 0 heterocycles. The topological polar surface area (TPSA) is 55.4 Å². The van der Waals surface area contributed by atoms with Gasteiger partial charge in [-0.3, -0.25) is 4.79 Å². The maximum absolute atomic E-state index is 12.1. The zero-order valence-corrected chi connectivity index (χ0v) is 16.6. The summed E-state index contributed by atoms with van der Waals surface area (Å²) in [5.41, 5.74) is 2.78. The first-order valence-electron chi connectivity index (χ1n) is 8.40. The van der Waals surface area contributed by atoms with Gasteiger partial charge < -0.3 is 10.1 Å². The van der Waals surface area contributed by atoms with Crippen molar-refractivity contribution < 1.29 is 14.3 Å². The van der Waals surface area contributed by atoms with Gasteiger partial charge in [-0.2, -0.15) is 0 Å². The summed E-state index contributed by atoms with van der Waals surface area (Å²) in [4.78, 5) is 24.0. The smallest absolute Gasteiger partial charge is 0.331 e. The number of hydrogen-bond acceptors (Lipinski definition) is 3. The molecule has 0 aromatic heterocycles. The predicted octanol–water partition coefficient (Wildman–Crippen LogP) is 5.16. The van der Waals surface area contributed by atoms with E-state index in [1.54, 1.807) is 18.2 Å². The highest BCUT2D eigenvalue weighted by molar-refractivity contribution is 9.10.